The number of fused-ring (bicyclic) bond motifs is 1. The maximum absolute atomic E-state index is 13.2. The van der Waals surface area contributed by atoms with Gasteiger partial charge in [-0.3, -0.25) is 14.2 Å². The molecule has 2 aromatic heterocycles. The van der Waals surface area contributed by atoms with Crippen LogP contribution < -0.4 is 10.9 Å². The number of hydrogen-bond acceptors (Lipinski definition) is 4. The Bertz CT molecular complexity index is 1270. The molecule has 4 rings (SSSR count). The predicted octanol–water partition coefficient (Wildman–Crippen LogP) is 4.69. The molecule has 0 aliphatic rings. The predicted molar refractivity (Wildman–Crippen MR) is 119 cm³/mol. The molecular formula is C23H21N3O2S. The summed E-state index contributed by atoms with van der Waals surface area (Å²) in [6, 6.07) is 15.6. The lowest BCUT2D eigenvalue weighted by atomic mass is 10.0. The van der Waals surface area contributed by atoms with Gasteiger partial charge >= 0.3 is 0 Å². The van der Waals surface area contributed by atoms with Crippen LogP contribution in [0.4, 0.5) is 5.69 Å². The molecule has 0 unspecified atom stereocenters. The fourth-order valence-corrected chi connectivity index (χ4v) is 4.44. The van der Waals surface area contributed by atoms with Crippen LogP contribution in [0.3, 0.4) is 0 Å². The Morgan fingerprint density at radius 1 is 1.07 bits per heavy atom. The van der Waals surface area contributed by atoms with Crippen molar-refractivity contribution in [2.45, 2.75) is 27.3 Å². The smallest absolute Gasteiger partial charge is 0.263 e. The summed E-state index contributed by atoms with van der Waals surface area (Å²) in [5.74, 6) is -0.254. The van der Waals surface area contributed by atoms with E-state index in [1.807, 2.05) is 69.3 Å². The third-order valence-electron chi connectivity index (χ3n) is 5.11. The zero-order valence-corrected chi connectivity index (χ0v) is 17.3. The molecule has 4 aromatic rings. The minimum atomic E-state index is -0.254. The summed E-state index contributed by atoms with van der Waals surface area (Å²) in [5, 5.41) is 3.47. The fraction of sp³-hybridized carbons (Fsp3) is 0.174. The van der Waals surface area contributed by atoms with Gasteiger partial charge in [0.1, 0.15) is 11.4 Å². The molecule has 0 aliphatic heterocycles. The number of nitrogens with zero attached hydrogens (tertiary/aromatic N) is 2. The molecule has 0 saturated heterocycles. The third-order valence-corrected chi connectivity index (χ3v) is 6.12. The average Bonchev–Trinajstić information content (AvgIpc) is 3.05. The number of aryl methyl sites for hydroxylation is 2. The minimum Gasteiger partial charge on any atom is -0.324 e. The van der Waals surface area contributed by atoms with Gasteiger partial charge in [0, 0.05) is 16.1 Å². The molecule has 0 bridgehead atoms. The Balaban J connectivity index is 1.70. The van der Waals surface area contributed by atoms with E-state index in [0.29, 0.717) is 10.2 Å². The zero-order valence-electron chi connectivity index (χ0n) is 16.5. The molecule has 6 heteroatoms. The van der Waals surface area contributed by atoms with Gasteiger partial charge in [0.2, 0.25) is 5.91 Å². The van der Waals surface area contributed by atoms with Gasteiger partial charge in [-0.1, -0.05) is 42.5 Å². The van der Waals surface area contributed by atoms with Crippen molar-refractivity contribution in [2.75, 3.05) is 5.32 Å². The van der Waals surface area contributed by atoms with Crippen molar-refractivity contribution in [1.82, 2.24) is 9.55 Å². The Morgan fingerprint density at radius 3 is 2.59 bits per heavy atom. The number of amides is 1. The molecule has 29 heavy (non-hydrogen) atoms. The molecule has 0 atom stereocenters. The highest BCUT2D eigenvalue weighted by Gasteiger charge is 2.18. The van der Waals surface area contributed by atoms with Gasteiger partial charge in [-0.05, 0) is 43.5 Å². The normalized spacial score (nSPS) is 11.0. The molecule has 0 radical (unpaired) electrons. The van der Waals surface area contributed by atoms with Gasteiger partial charge in [-0.2, -0.15) is 0 Å². The lowest BCUT2D eigenvalue weighted by molar-refractivity contribution is -0.116. The number of benzene rings is 2. The molecule has 146 valence electrons. The van der Waals surface area contributed by atoms with Crippen molar-refractivity contribution in [3.8, 4) is 11.1 Å². The molecule has 2 aromatic carbocycles. The molecular weight excluding hydrogens is 382 g/mol. The van der Waals surface area contributed by atoms with Crippen molar-refractivity contribution in [2.24, 2.45) is 0 Å². The Hall–Kier alpha value is -3.25. The van der Waals surface area contributed by atoms with Gasteiger partial charge in [0.05, 0.1) is 11.7 Å². The molecule has 0 saturated carbocycles. The highest BCUT2D eigenvalue weighted by atomic mass is 32.1. The van der Waals surface area contributed by atoms with E-state index in [0.717, 1.165) is 32.8 Å². The monoisotopic (exact) mass is 403 g/mol. The summed E-state index contributed by atoms with van der Waals surface area (Å²) in [5.41, 5.74) is 4.55. The van der Waals surface area contributed by atoms with E-state index < -0.39 is 0 Å². The zero-order chi connectivity index (χ0) is 20.5. The molecule has 1 amide bonds. The van der Waals surface area contributed by atoms with Crippen molar-refractivity contribution in [3.63, 3.8) is 0 Å². The summed E-state index contributed by atoms with van der Waals surface area (Å²) in [6.45, 7) is 5.87. The van der Waals surface area contributed by atoms with Crippen LogP contribution in [0.2, 0.25) is 0 Å². The summed E-state index contributed by atoms with van der Waals surface area (Å²) >= 11 is 1.50. The maximum atomic E-state index is 13.2. The Labute approximate surface area is 172 Å². The van der Waals surface area contributed by atoms with E-state index in [1.165, 1.54) is 22.2 Å². The number of carbonyl (C=O) groups is 1. The number of thiophene rings is 1. The van der Waals surface area contributed by atoms with E-state index in [-0.39, 0.29) is 18.0 Å². The standard InChI is InChI=1S/C23H21N3O2S/c1-14-8-7-11-18(15(14)2)25-19(27)12-26-13-24-22-21(23(26)28)20(16(3)29-22)17-9-5-4-6-10-17/h4-11,13H,12H2,1-3H3,(H,25,27). The molecule has 5 nitrogen and oxygen atoms in total. The van der Waals surface area contributed by atoms with Gasteiger partial charge in [-0.15, -0.1) is 11.3 Å². The van der Waals surface area contributed by atoms with E-state index in [2.05, 4.69) is 10.3 Å². The summed E-state index contributed by atoms with van der Waals surface area (Å²) < 4.78 is 1.38. The van der Waals surface area contributed by atoms with E-state index in [1.54, 1.807) is 0 Å². The van der Waals surface area contributed by atoms with Crippen LogP contribution >= 0.6 is 11.3 Å². The molecule has 1 N–H and O–H groups in total. The second-order valence-corrected chi connectivity index (χ2v) is 8.26. The first kappa shape index (κ1) is 19.1. The second kappa shape index (κ2) is 7.64. The number of nitrogens with one attached hydrogen (secondary N) is 1. The number of hydrogen-bond donors (Lipinski definition) is 1. The second-order valence-electron chi connectivity index (χ2n) is 7.05. The van der Waals surface area contributed by atoms with Crippen molar-refractivity contribution >= 4 is 33.1 Å². The van der Waals surface area contributed by atoms with Crippen LogP contribution in [0.15, 0.2) is 59.7 Å². The lowest BCUT2D eigenvalue weighted by Crippen LogP contribution is -2.28. The SMILES string of the molecule is Cc1cccc(NC(=O)Cn2cnc3sc(C)c(-c4ccccc4)c3c2=O)c1C. The molecule has 0 spiro atoms. The molecule has 0 aliphatic carbocycles. The van der Waals surface area contributed by atoms with Crippen LogP contribution in [0.25, 0.3) is 21.3 Å². The van der Waals surface area contributed by atoms with E-state index >= 15 is 0 Å². The summed E-state index contributed by atoms with van der Waals surface area (Å²) in [4.78, 5) is 32.0. The van der Waals surface area contributed by atoms with Gasteiger partial charge in [-0.25, -0.2) is 4.98 Å². The largest absolute Gasteiger partial charge is 0.324 e. The van der Waals surface area contributed by atoms with E-state index in [4.69, 9.17) is 0 Å². The van der Waals surface area contributed by atoms with Crippen molar-refractivity contribution in [1.29, 1.82) is 0 Å². The maximum Gasteiger partial charge on any atom is 0.263 e. The number of carbonyl (C=O) groups excluding carboxylic acids is 1. The first-order chi connectivity index (χ1) is 14.0. The van der Waals surface area contributed by atoms with Crippen LogP contribution in [0, 0.1) is 20.8 Å². The number of anilines is 1. The summed E-state index contributed by atoms with van der Waals surface area (Å²) in [6.07, 6.45) is 1.46. The van der Waals surface area contributed by atoms with Crippen LogP contribution in [-0.4, -0.2) is 15.5 Å². The van der Waals surface area contributed by atoms with Gasteiger partial charge in [0.15, 0.2) is 0 Å². The van der Waals surface area contributed by atoms with Crippen LogP contribution in [0.5, 0.6) is 0 Å². The number of rotatable bonds is 4. The highest BCUT2D eigenvalue weighted by molar-refractivity contribution is 7.19. The molecule has 0 fully saturated rings. The van der Waals surface area contributed by atoms with Crippen LogP contribution in [-0.2, 0) is 11.3 Å². The first-order valence-corrected chi connectivity index (χ1v) is 10.2. The quantitative estimate of drug-likeness (QED) is 0.538. The van der Waals surface area contributed by atoms with Crippen molar-refractivity contribution in [3.05, 3.63) is 81.2 Å². The highest BCUT2D eigenvalue weighted by Crippen LogP contribution is 2.35. The third kappa shape index (κ3) is 3.59. The Morgan fingerprint density at radius 2 is 1.83 bits per heavy atom. The first-order valence-electron chi connectivity index (χ1n) is 9.35. The Kier molecular flexibility index (Phi) is 5.03. The number of aromatic nitrogens is 2. The summed E-state index contributed by atoms with van der Waals surface area (Å²) in [7, 11) is 0. The fourth-order valence-electron chi connectivity index (χ4n) is 3.43. The van der Waals surface area contributed by atoms with Gasteiger partial charge in [0.25, 0.3) is 5.56 Å². The van der Waals surface area contributed by atoms with Crippen molar-refractivity contribution < 1.29 is 4.79 Å². The molecule has 2 heterocycles. The van der Waals surface area contributed by atoms with Gasteiger partial charge < -0.3 is 5.32 Å². The lowest BCUT2D eigenvalue weighted by Gasteiger charge is -2.11. The minimum absolute atomic E-state index is 0.0850. The topological polar surface area (TPSA) is 64.0 Å². The van der Waals surface area contributed by atoms with Crippen LogP contribution in [0.1, 0.15) is 16.0 Å². The average molecular weight is 404 g/mol. The van der Waals surface area contributed by atoms with E-state index in [9.17, 15) is 9.59 Å².